The van der Waals surface area contributed by atoms with Gasteiger partial charge in [0.25, 0.3) is 0 Å². The van der Waals surface area contributed by atoms with Crippen LogP contribution in [0.1, 0.15) is 31.2 Å². The van der Waals surface area contributed by atoms with Gasteiger partial charge in [-0.25, -0.2) is 4.79 Å². The normalized spacial score (nSPS) is 19.4. The number of hydrogen-bond donors (Lipinski definition) is 2. The van der Waals surface area contributed by atoms with Crippen LogP contribution in [-0.4, -0.2) is 46.3 Å². The highest BCUT2D eigenvalue weighted by Gasteiger charge is 2.27. The summed E-state index contributed by atoms with van der Waals surface area (Å²) in [6.45, 7) is 8.55. The van der Waals surface area contributed by atoms with Crippen molar-refractivity contribution in [1.82, 2.24) is 20.0 Å². The number of nitrogens with two attached hydrogens (primary N) is 1. The van der Waals surface area contributed by atoms with E-state index in [9.17, 15) is 9.59 Å². The Hall–Kier alpha value is -2.05. The third-order valence-corrected chi connectivity index (χ3v) is 4.32. The van der Waals surface area contributed by atoms with Crippen molar-refractivity contribution in [3.8, 4) is 0 Å². The van der Waals surface area contributed by atoms with Crippen molar-refractivity contribution < 1.29 is 9.59 Å². The Labute approximate surface area is 137 Å². The number of nitrogens with one attached hydrogen (secondary N) is 1. The van der Waals surface area contributed by atoms with E-state index in [1.165, 1.54) is 0 Å². The topological polar surface area (TPSA) is 93.3 Å². The molecule has 1 aromatic rings. The van der Waals surface area contributed by atoms with Crippen molar-refractivity contribution in [3.63, 3.8) is 0 Å². The van der Waals surface area contributed by atoms with Crippen LogP contribution in [0.5, 0.6) is 0 Å². The van der Waals surface area contributed by atoms with Gasteiger partial charge in [0.05, 0.1) is 11.6 Å². The van der Waals surface area contributed by atoms with Gasteiger partial charge in [0, 0.05) is 31.9 Å². The zero-order valence-electron chi connectivity index (χ0n) is 14.2. The molecule has 0 bridgehead atoms. The number of likely N-dealkylation sites (tertiary alicyclic amines) is 1. The van der Waals surface area contributed by atoms with E-state index in [1.54, 1.807) is 4.90 Å². The molecule has 0 aliphatic carbocycles. The van der Waals surface area contributed by atoms with E-state index in [4.69, 9.17) is 5.73 Å². The fourth-order valence-corrected chi connectivity index (χ4v) is 3.03. The van der Waals surface area contributed by atoms with Gasteiger partial charge in [-0.2, -0.15) is 5.10 Å². The van der Waals surface area contributed by atoms with E-state index in [1.807, 2.05) is 24.6 Å². The largest absolute Gasteiger partial charge is 0.355 e. The van der Waals surface area contributed by atoms with Crippen LogP contribution >= 0.6 is 0 Å². The number of hydrogen-bond acceptors (Lipinski definition) is 3. The maximum Gasteiger partial charge on any atom is 0.314 e. The number of rotatable bonds is 5. The first-order chi connectivity index (χ1) is 10.9. The maximum atomic E-state index is 12.3. The summed E-state index contributed by atoms with van der Waals surface area (Å²) < 4.78 is 1.97. The third-order valence-electron chi connectivity index (χ3n) is 4.32. The Bertz CT molecular complexity index is 569. The highest BCUT2D eigenvalue weighted by molar-refractivity contribution is 5.80. The van der Waals surface area contributed by atoms with Gasteiger partial charge in [-0.1, -0.05) is 6.92 Å². The summed E-state index contributed by atoms with van der Waals surface area (Å²) in [6.07, 6.45) is 1.63. The monoisotopic (exact) mass is 321 g/mol. The third kappa shape index (κ3) is 4.71. The van der Waals surface area contributed by atoms with Crippen molar-refractivity contribution in [2.45, 2.75) is 40.2 Å². The first kappa shape index (κ1) is 17.3. The lowest BCUT2D eigenvalue weighted by Crippen LogP contribution is -2.47. The lowest BCUT2D eigenvalue weighted by atomic mass is 9.97. The molecule has 0 unspecified atom stereocenters. The molecule has 2 heterocycles. The SMILES string of the molecule is Cc1cc(C)n(C[C@H](C)CNC(=O)[C@@H]2CCCN(C(N)=O)C2)n1. The standard InChI is InChI=1S/C16H27N5O2/c1-11(9-21-13(3)7-12(2)19-21)8-18-15(22)14-5-4-6-20(10-14)16(17)23/h7,11,14H,4-6,8-10H2,1-3H3,(H2,17,23)(H,18,22)/t11-,14-/m1/s1. The number of carbonyl (C=O) groups is 2. The Balaban J connectivity index is 1.79. The lowest BCUT2D eigenvalue weighted by molar-refractivity contribution is -0.126. The molecular weight excluding hydrogens is 294 g/mol. The summed E-state index contributed by atoms with van der Waals surface area (Å²) in [7, 11) is 0. The Morgan fingerprint density at radius 1 is 1.48 bits per heavy atom. The molecule has 1 aliphatic rings. The van der Waals surface area contributed by atoms with Gasteiger partial charge in [0.15, 0.2) is 0 Å². The number of amides is 3. The van der Waals surface area contributed by atoms with E-state index in [0.29, 0.717) is 19.6 Å². The zero-order valence-corrected chi connectivity index (χ0v) is 14.2. The van der Waals surface area contributed by atoms with E-state index in [-0.39, 0.29) is 17.7 Å². The van der Waals surface area contributed by atoms with Crippen molar-refractivity contribution in [1.29, 1.82) is 0 Å². The molecule has 0 aromatic carbocycles. The van der Waals surface area contributed by atoms with Crippen LogP contribution in [0.25, 0.3) is 0 Å². The summed E-state index contributed by atoms with van der Waals surface area (Å²) in [5, 5.41) is 7.44. The van der Waals surface area contributed by atoms with Gasteiger partial charge in [-0.05, 0) is 38.7 Å². The quantitative estimate of drug-likeness (QED) is 0.848. The minimum absolute atomic E-state index is 0.0103. The Kier molecular flexibility index (Phi) is 5.63. The molecule has 0 radical (unpaired) electrons. The van der Waals surface area contributed by atoms with Crippen LogP contribution in [0.3, 0.4) is 0 Å². The summed E-state index contributed by atoms with van der Waals surface area (Å²) in [5.74, 6) is 0.140. The number of nitrogens with zero attached hydrogens (tertiary/aromatic N) is 3. The summed E-state index contributed by atoms with van der Waals surface area (Å²) in [6, 6.07) is 1.60. The van der Waals surface area contributed by atoms with Crippen molar-refractivity contribution in [2.75, 3.05) is 19.6 Å². The molecule has 0 saturated carbocycles. The van der Waals surface area contributed by atoms with E-state index < -0.39 is 6.03 Å². The van der Waals surface area contributed by atoms with Crippen LogP contribution in [-0.2, 0) is 11.3 Å². The minimum Gasteiger partial charge on any atom is -0.355 e. The van der Waals surface area contributed by atoms with Crippen molar-refractivity contribution >= 4 is 11.9 Å². The molecule has 0 spiro atoms. The van der Waals surface area contributed by atoms with Crippen LogP contribution < -0.4 is 11.1 Å². The molecule has 2 atom stereocenters. The van der Waals surface area contributed by atoms with Gasteiger partial charge in [-0.15, -0.1) is 0 Å². The predicted octanol–water partition coefficient (Wildman–Crippen LogP) is 1.04. The van der Waals surface area contributed by atoms with E-state index >= 15 is 0 Å². The van der Waals surface area contributed by atoms with Crippen molar-refractivity contribution in [2.24, 2.45) is 17.6 Å². The molecule has 3 N–H and O–H groups in total. The molecule has 1 aromatic heterocycles. The Morgan fingerprint density at radius 2 is 2.22 bits per heavy atom. The number of aromatic nitrogens is 2. The average Bonchev–Trinajstić information content (AvgIpc) is 2.82. The van der Waals surface area contributed by atoms with Crippen LogP contribution in [0.15, 0.2) is 6.07 Å². The van der Waals surface area contributed by atoms with Gasteiger partial charge in [-0.3, -0.25) is 9.48 Å². The highest BCUT2D eigenvalue weighted by atomic mass is 16.2. The number of primary amides is 1. The molecule has 1 aliphatic heterocycles. The molecular formula is C16H27N5O2. The molecule has 7 nitrogen and oxygen atoms in total. The molecule has 1 fully saturated rings. The van der Waals surface area contributed by atoms with E-state index in [0.717, 1.165) is 30.8 Å². The molecule has 1 saturated heterocycles. The van der Waals surface area contributed by atoms with Crippen LogP contribution in [0.2, 0.25) is 0 Å². The number of urea groups is 1. The summed E-state index contributed by atoms with van der Waals surface area (Å²) in [5.41, 5.74) is 7.44. The fraction of sp³-hybridized carbons (Fsp3) is 0.688. The Morgan fingerprint density at radius 3 is 2.83 bits per heavy atom. The van der Waals surface area contributed by atoms with Gasteiger partial charge >= 0.3 is 6.03 Å². The number of aryl methyl sites for hydroxylation is 2. The highest BCUT2D eigenvalue weighted by Crippen LogP contribution is 2.16. The van der Waals surface area contributed by atoms with Crippen molar-refractivity contribution in [3.05, 3.63) is 17.5 Å². The minimum atomic E-state index is -0.444. The van der Waals surface area contributed by atoms with E-state index in [2.05, 4.69) is 17.3 Å². The molecule has 2 rings (SSSR count). The average molecular weight is 321 g/mol. The second-order valence-corrected chi connectivity index (χ2v) is 6.58. The van der Waals surface area contributed by atoms with Gasteiger partial charge in [0.1, 0.15) is 0 Å². The number of piperidine rings is 1. The van der Waals surface area contributed by atoms with Crippen LogP contribution in [0.4, 0.5) is 4.79 Å². The maximum absolute atomic E-state index is 12.3. The molecule has 7 heteroatoms. The smallest absolute Gasteiger partial charge is 0.314 e. The predicted molar refractivity (Wildman–Crippen MR) is 87.8 cm³/mol. The van der Waals surface area contributed by atoms with Gasteiger partial charge < -0.3 is 16.0 Å². The lowest BCUT2D eigenvalue weighted by Gasteiger charge is -2.30. The fourth-order valence-electron chi connectivity index (χ4n) is 3.03. The second kappa shape index (κ2) is 7.48. The van der Waals surface area contributed by atoms with Crippen LogP contribution in [0, 0.1) is 25.7 Å². The summed E-state index contributed by atoms with van der Waals surface area (Å²) in [4.78, 5) is 25.1. The zero-order chi connectivity index (χ0) is 17.0. The molecule has 23 heavy (non-hydrogen) atoms. The first-order valence-electron chi connectivity index (χ1n) is 8.20. The van der Waals surface area contributed by atoms with Gasteiger partial charge in [0.2, 0.25) is 5.91 Å². The molecule has 128 valence electrons. The molecule has 3 amide bonds. The second-order valence-electron chi connectivity index (χ2n) is 6.58. The first-order valence-corrected chi connectivity index (χ1v) is 8.20. The number of carbonyl (C=O) groups excluding carboxylic acids is 2. The summed E-state index contributed by atoms with van der Waals surface area (Å²) >= 11 is 0.